The predicted octanol–water partition coefficient (Wildman–Crippen LogP) is 6.42. The molecule has 0 unspecified atom stereocenters. The molecule has 1 amide bonds. The third-order valence-electron chi connectivity index (χ3n) is 17.1. The van der Waals surface area contributed by atoms with Crippen LogP contribution in [0.1, 0.15) is 73.5 Å². The van der Waals surface area contributed by atoms with Crippen LogP contribution in [0.2, 0.25) is 0 Å². The number of nitro groups is 1. The van der Waals surface area contributed by atoms with E-state index in [9.17, 15) is 14.9 Å². The molecule has 1 aliphatic carbocycles. The van der Waals surface area contributed by atoms with Crippen molar-refractivity contribution in [3.8, 4) is 11.6 Å². The second-order valence-corrected chi connectivity index (χ2v) is 23.6. The number of aromatic amines is 1. The number of hydrogen-bond acceptors (Lipinski definition) is 16. The van der Waals surface area contributed by atoms with Crippen LogP contribution in [0.5, 0.6) is 11.6 Å². The maximum Gasteiger partial charge on any atom is 0.297 e. The molecule has 5 aromatic rings. The number of nitro benzene ring substituents is 1. The molecule has 74 heavy (non-hydrogen) atoms. The highest BCUT2D eigenvalue weighted by molar-refractivity contribution is 7.91. The topological polar surface area (TPSA) is 214 Å². The summed E-state index contributed by atoms with van der Waals surface area (Å²) in [5, 5.41) is 17.3. The molecular formula is C54H66N10O9S. The van der Waals surface area contributed by atoms with E-state index in [1.807, 2.05) is 17.0 Å². The highest BCUT2D eigenvalue weighted by Crippen LogP contribution is 2.55. The van der Waals surface area contributed by atoms with E-state index >= 15 is 8.42 Å². The van der Waals surface area contributed by atoms with Crippen molar-refractivity contribution in [2.24, 2.45) is 11.1 Å². The van der Waals surface area contributed by atoms with Crippen molar-refractivity contribution >= 4 is 55.2 Å². The van der Waals surface area contributed by atoms with Gasteiger partial charge in [0.05, 0.1) is 64.7 Å². The van der Waals surface area contributed by atoms with Gasteiger partial charge in [-0.3, -0.25) is 29.6 Å². The number of piperazine rings is 1. The summed E-state index contributed by atoms with van der Waals surface area (Å²) < 4.78 is 57.3. The van der Waals surface area contributed by atoms with Crippen molar-refractivity contribution < 1.29 is 37.1 Å². The van der Waals surface area contributed by atoms with E-state index in [4.69, 9.17) is 29.7 Å². The summed E-state index contributed by atoms with van der Waals surface area (Å²) in [4.78, 5) is 45.4. The van der Waals surface area contributed by atoms with E-state index in [1.165, 1.54) is 17.2 Å². The van der Waals surface area contributed by atoms with Gasteiger partial charge in [0.1, 0.15) is 28.9 Å². The van der Waals surface area contributed by atoms with E-state index in [-0.39, 0.29) is 69.1 Å². The van der Waals surface area contributed by atoms with Crippen LogP contribution in [0.4, 0.5) is 28.4 Å². The minimum Gasteiger partial charge on any atom is -0.489 e. The fourth-order valence-electron chi connectivity index (χ4n) is 13.1. The normalized spacial score (nSPS) is 24.6. The largest absolute Gasteiger partial charge is 0.489 e. The molecule has 4 atom stereocenters. The monoisotopic (exact) mass is 1030 g/mol. The van der Waals surface area contributed by atoms with Gasteiger partial charge >= 0.3 is 0 Å². The van der Waals surface area contributed by atoms with Crippen molar-refractivity contribution in [1.82, 2.24) is 24.7 Å². The summed E-state index contributed by atoms with van der Waals surface area (Å²) in [5.41, 5.74) is 10.1. The van der Waals surface area contributed by atoms with Gasteiger partial charge in [0.25, 0.3) is 11.6 Å². The smallest absolute Gasteiger partial charge is 0.297 e. The average Bonchev–Trinajstić information content (AvgIpc) is 3.90. The van der Waals surface area contributed by atoms with E-state index in [1.54, 1.807) is 18.3 Å². The summed E-state index contributed by atoms with van der Waals surface area (Å²) >= 11 is 0. The molecule has 12 rings (SSSR count). The molecular weight excluding hydrogens is 965 g/mol. The van der Waals surface area contributed by atoms with Gasteiger partial charge in [-0.05, 0) is 93.7 Å². The Morgan fingerprint density at radius 2 is 1.73 bits per heavy atom. The second kappa shape index (κ2) is 19.3. The Kier molecular flexibility index (Phi) is 12.7. The number of hydrogen-bond donors (Lipinski definition) is 3. The van der Waals surface area contributed by atoms with Crippen LogP contribution in [0, 0.1) is 22.5 Å². The summed E-state index contributed by atoms with van der Waals surface area (Å²) in [7, 11) is -4.78. The number of pyridine rings is 1. The highest BCUT2D eigenvalue weighted by Gasteiger charge is 2.51. The third-order valence-corrected chi connectivity index (χ3v) is 18.9. The van der Waals surface area contributed by atoms with Crippen LogP contribution in [-0.2, 0) is 19.3 Å². The number of nitrogens with zero attached hydrogens (tertiary/aromatic N) is 7. The Labute approximate surface area is 431 Å². The molecule has 392 valence electrons. The van der Waals surface area contributed by atoms with E-state index in [0.717, 1.165) is 69.9 Å². The lowest BCUT2D eigenvalue weighted by Gasteiger charge is -2.57. The minimum atomic E-state index is -4.78. The number of sulfone groups is 1. The fourth-order valence-corrected chi connectivity index (χ4v) is 14.8. The lowest BCUT2D eigenvalue weighted by Crippen LogP contribution is -2.58. The number of fused-ring (bicyclic) bond motifs is 4. The number of morpholine rings is 1. The standard InChI is InChI=1S/C54H66N10O9S/c1-33(2)60-19-17-59(18-20-60)29-36-30-72-46-26-38(25-43(64(66)67)48(46)57-36)74(68,69)50-42(61-15-12-54(13-16-61)27-37(28-54)62-21-23-71-31-45(62)39-7-5-4-6-34(39)3)9-8-40(51(55)65)49(50)63-41-11-22-70-32-47(41)73-53-44(63)24-35-10-14-56-52(35)58-53/h4-10,14,24-26,33,36-37,41,45,47,57H,11-13,15-23,27-32H2,1-3H3,(H2,55,65)(H,56,58)/t36-,41+,45+,47+/m1/s1. The zero-order chi connectivity index (χ0) is 51.0. The quantitative estimate of drug-likeness (QED) is 0.0962. The number of H-pyrrole nitrogens is 1. The molecule has 4 saturated heterocycles. The van der Waals surface area contributed by atoms with Gasteiger partial charge in [0.2, 0.25) is 15.7 Å². The molecule has 1 saturated carbocycles. The second-order valence-electron chi connectivity index (χ2n) is 21.8. The average molecular weight is 1030 g/mol. The lowest BCUT2D eigenvalue weighted by atomic mass is 9.59. The number of piperidine rings is 1. The zero-order valence-corrected chi connectivity index (χ0v) is 43.1. The van der Waals surface area contributed by atoms with Crippen LogP contribution in [0.3, 0.4) is 0 Å². The van der Waals surface area contributed by atoms with Crippen molar-refractivity contribution in [2.45, 2.75) is 99.0 Å². The number of nitrogens with two attached hydrogens (primary N) is 1. The van der Waals surface area contributed by atoms with Gasteiger partial charge in [-0.1, -0.05) is 24.3 Å². The van der Waals surface area contributed by atoms with Crippen LogP contribution < -0.4 is 30.3 Å². The number of amides is 1. The number of benzene rings is 3. The van der Waals surface area contributed by atoms with Gasteiger partial charge < -0.3 is 44.8 Å². The third kappa shape index (κ3) is 8.69. The molecule has 4 N–H and O–H groups in total. The number of aryl methyl sites for hydroxylation is 1. The number of anilines is 4. The van der Waals surface area contributed by atoms with Crippen LogP contribution in [0.25, 0.3) is 11.0 Å². The van der Waals surface area contributed by atoms with Crippen LogP contribution in [0.15, 0.2) is 76.7 Å². The summed E-state index contributed by atoms with van der Waals surface area (Å²) in [6, 6.07) is 18.4. The molecule has 19 nitrogen and oxygen atoms in total. The minimum absolute atomic E-state index is 0.0222. The van der Waals surface area contributed by atoms with Gasteiger partial charge in [-0.25, -0.2) is 8.42 Å². The predicted molar refractivity (Wildman–Crippen MR) is 280 cm³/mol. The van der Waals surface area contributed by atoms with Crippen molar-refractivity contribution in [3.63, 3.8) is 0 Å². The van der Waals surface area contributed by atoms with Gasteiger partial charge in [-0.15, -0.1) is 0 Å². The highest BCUT2D eigenvalue weighted by atomic mass is 32.2. The first-order valence-electron chi connectivity index (χ1n) is 26.3. The summed E-state index contributed by atoms with van der Waals surface area (Å²) in [6.07, 6.45) is 5.30. The molecule has 2 aromatic heterocycles. The molecule has 3 aromatic carbocycles. The molecule has 8 heterocycles. The van der Waals surface area contributed by atoms with Gasteiger partial charge in [0.15, 0.2) is 11.4 Å². The number of carbonyl (C=O) groups excluding carboxylic acids is 1. The first-order valence-corrected chi connectivity index (χ1v) is 27.8. The molecule has 0 bridgehead atoms. The van der Waals surface area contributed by atoms with E-state index in [0.29, 0.717) is 75.0 Å². The molecule has 1 spiro atoms. The van der Waals surface area contributed by atoms with E-state index in [2.05, 4.69) is 74.9 Å². The summed E-state index contributed by atoms with van der Waals surface area (Å²) in [5.74, 6) is -0.529. The molecule has 0 radical (unpaired) electrons. The van der Waals surface area contributed by atoms with Crippen molar-refractivity contribution in [3.05, 3.63) is 93.7 Å². The Balaban J connectivity index is 0.928. The van der Waals surface area contributed by atoms with Gasteiger partial charge in [0, 0.05) is 94.8 Å². The number of nitrogens with one attached hydrogen (secondary N) is 2. The van der Waals surface area contributed by atoms with Crippen LogP contribution in [-0.4, -0.2) is 160 Å². The Morgan fingerprint density at radius 3 is 2.49 bits per heavy atom. The number of carbonyl (C=O) groups is 1. The fraction of sp³-hybridized carbons (Fsp3) is 0.519. The molecule has 20 heteroatoms. The van der Waals surface area contributed by atoms with Crippen LogP contribution >= 0.6 is 0 Å². The SMILES string of the molecule is Cc1ccccc1[C@@H]1COCCN1C1CC2(CCN(c3ccc(C(N)=O)c(N4c5cc6cc[nH]c6nc5O[C@H]5COCC[C@@H]54)c3S(=O)(=O)c3cc4c(c([N+](=O)[O-])c3)N[C@H](CN3CCN(C(C)C)CC3)CO4)CC2)C1. The number of aromatic nitrogens is 2. The molecule has 6 aliphatic heterocycles. The summed E-state index contributed by atoms with van der Waals surface area (Å²) in [6.45, 7) is 14.7. The van der Waals surface area contributed by atoms with Gasteiger partial charge in [-0.2, -0.15) is 4.98 Å². The Hall–Kier alpha value is -6.03. The maximum absolute atomic E-state index is 16.2. The Bertz CT molecular complexity index is 3090. The molecule has 5 fully saturated rings. The van der Waals surface area contributed by atoms with E-state index < -0.39 is 38.5 Å². The number of ether oxygens (including phenoxy) is 4. The number of rotatable bonds is 11. The lowest BCUT2D eigenvalue weighted by molar-refractivity contribution is -0.384. The Morgan fingerprint density at radius 1 is 0.946 bits per heavy atom. The maximum atomic E-state index is 16.2. The van der Waals surface area contributed by atoms with Crippen molar-refractivity contribution in [1.29, 1.82) is 0 Å². The number of primary amides is 1. The van der Waals surface area contributed by atoms with Crippen molar-refractivity contribution in [2.75, 3.05) is 101 Å². The first kappa shape index (κ1) is 48.9. The first-order chi connectivity index (χ1) is 35.7. The zero-order valence-electron chi connectivity index (χ0n) is 42.3. The molecule has 7 aliphatic rings.